The van der Waals surface area contributed by atoms with Gasteiger partial charge in [0.05, 0.1) is 0 Å². The number of hydrogen-bond donors (Lipinski definition) is 1. The lowest BCUT2D eigenvalue weighted by Crippen LogP contribution is -2.40. The fourth-order valence-electron chi connectivity index (χ4n) is 1.90. The zero-order valence-electron chi connectivity index (χ0n) is 9.95. The van der Waals surface area contributed by atoms with Crippen LogP contribution in [0.3, 0.4) is 0 Å². The highest BCUT2D eigenvalue weighted by Gasteiger charge is 2.14. The van der Waals surface area contributed by atoms with Gasteiger partial charge in [-0.25, -0.2) is 0 Å². The molecule has 1 aliphatic heterocycles. The van der Waals surface area contributed by atoms with Gasteiger partial charge in [0, 0.05) is 6.04 Å². The summed E-state index contributed by atoms with van der Waals surface area (Å²) in [6.07, 6.45) is 5.11. The second kappa shape index (κ2) is 9.71. The number of nitrogens with two attached hydrogens (primary N) is 1. The van der Waals surface area contributed by atoms with Crippen LogP contribution in [0.2, 0.25) is 0 Å². The fourth-order valence-corrected chi connectivity index (χ4v) is 1.90. The summed E-state index contributed by atoms with van der Waals surface area (Å²) in [5, 5.41) is 0. The van der Waals surface area contributed by atoms with Crippen molar-refractivity contribution in [3.05, 3.63) is 0 Å². The average molecular weight is 257 g/mol. The Labute approximate surface area is 107 Å². The van der Waals surface area contributed by atoms with Crippen LogP contribution in [0.4, 0.5) is 0 Å². The van der Waals surface area contributed by atoms with E-state index in [1.165, 1.54) is 45.3 Å². The monoisotopic (exact) mass is 256 g/mol. The first kappa shape index (κ1) is 17.9. The second-order valence-corrected chi connectivity index (χ2v) is 4.72. The van der Waals surface area contributed by atoms with E-state index in [1.54, 1.807) is 0 Å². The van der Waals surface area contributed by atoms with Gasteiger partial charge in [-0.05, 0) is 51.2 Å². The number of piperidine rings is 1. The molecule has 15 heavy (non-hydrogen) atoms. The summed E-state index contributed by atoms with van der Waals surface area (Å²) in [5.41, 5.74) is 5.85. The largest absolute Gasteiger partial charge is 0.328 e. The summed E-state index contributed by atoms with van der Waals surface area (Å²) in [6, 6.07) is 0.473. The van der Waals surface area contributed by atoms with E-state index >= 15 is 0 Å². The van der Waals surface area contributed by atoms with Crippen molar-refractivity contribution in [3.63, 3.8) is 0 Å². The molecule has 1 rings (SSSR count). The van der Waals surface area contributed by atoms with Gasteiger partial charge in [0.15, 0.2) is 0 Å². The molecule has 2 nitrogen and oxygen atoms in total. The second-order valence-electron chi connectivity index (χ2n) is 4.72. The number of hydrogen-bond acceptors (Lipinski definition) is 2. The Balaban J connectivity index is 0. The molecule has 1 heterocycles. The van der Waals surface area contributed by atoms with E-state index in [-0.39, 0.29) is 24.8 Å². The van der Waals surface area contributed by atoms with Crippen LogP contribution in [0.5, 0.6) is 0 Å². The van der Waals surface area contributed by atoms with E-state index in [1.807, 2.05) is 0 Å². The van der Waals surface area contributed by atoms with Crippen LogP contribution in [0.1, 0.15) is 39.5 Å². The van der Waals surface area contributed by atoms with Gasteiger partial charge in [0.2, 0.25) is 0 Å². The van der Waals surface area contributed by atoms with Gasteiger partial charge < -0.3 is 10.6 Å². The molecule has 0 aromatic rings. The van der Waals surface area contributed by atoms with Gasteiger partial charge >= 0.3 is 0 Å². The molecule has 1 saturated heterocycles. The molecule has 0 bridgehead atoms. The molecule has 0 radical (unpaired) electrons. The molecule has 0 aromatic carbocycles. The van der Waals surface area contributed by atoms with Crippen molar-refractivity contribution >= 4 is 24.8 Å². The molecule has 1 aliphatic rings. The van der Waals surface area contributed by atoms with Crippen LogP contribution in [0.25, 0.3) is 0 Å². The Bertz CT molecular complexity index is 135. The SMILES string of the molecule is CC(C)CCCN1CCC(N)CC1.Cl.Cl. The molecule has 0 amide bonds. The Morgan fingerprint density at radius 2 is 1.73 bits per heavy atom. The average Bonchev–Trinajstić information content (AvgIpc) is 2.08. The smallest absolute Gasteiger partial charge is 0.00631 e. The molecule has 4 heteroatoms. The normalized spacial score (nSPS) is 18.4. The highest BCUT2D eigenvalue weighted by Crippen LogP contribution is 2.10. The number of rotatable bonds is 4. The maximum Gasteiger partial charge on any atom is 0.00631 e. The van der Waals surface area contributed by atoms with Crippen molar-refractivity contribution in [3.8, 4) is 0 Å². The maximum atomic E-state index is 5.85. The lowest BCUT2D eigenvalue weighted by atomic mass is 10.0. The summed E-state index contributed by atoms with van der Waals surface area (Å²) < 4.78 is 0. The van der Waals surface area contributed by atoms with Gasteiger partial charge in [-0.15, -0.1) is 24.8 Å². The van der Waals surface area contributed by atoms with E-state index in [0.29, 0.717) is 6.04 Å². The molecule has 2 N–H and O–H groups in total. The maximum absolute atomic E-state index is 5.85. The van der Waals surface area contributed by atoms with Crippen LogP contribution in [0, 0.1) is 5.92 Å². The summed E-state index contributed by atoms with van der Waals surface area (Å²) >= 11 is 0. The third-order valence-corrected chi connectivity index (χ3v) is 2.89. The third-order valence-electron chi connectivity index (χ3n) is 2.89. The van der Waals surface area contributed by atoms with Crippen molar-refractivity contribution in [2.45, 2.75) is 45.6 Å². The Kier molecular flexibility index (Phi) is 11.6. The molecule has 1 fully saturated rings. The number of halogens is 2. The van der Waals surface area contributed by atoms with Gasteiger partial charge in [0.25, 0.3) is 0 Å². The molecule has 0 spiro atoms. The van der Waals surface area contributed by atoms with Crippen molar-refractivity contribution in [1.29, 1.82) is 0 Å². The van der Waals surface area contributed by atoms with Crippen molar-refractivity contribution in [2.24, 2.45) is 11.7 Å². The Morgan fingerprint density at radius 1 is 1.20 bits per heavy atom. The Hall–Kier alpha value is 0.500. The molecule has 0 aliphatic carbocycles. The van der Waals surface area contributed by atoms with E-state index in [9.17, 15) is 0 Å². The summed E-state index contributed by atoms with van der Waals surface area (Å²) in [4.78, 5) is 2.56. The van der Waals surface area contributed by atoms with Gasteiger partial charge in [0.1, 0.15) is 0 Å². The first-order valence-corrected chi connectivity index (χ1v) is 5.66. The number of nitrogens with zero attached hydrogens (tertiary/aromatic N) is 1. The first-order chi connectivity index (χ1) is 6.18. The lowest BCUT2D eigenvalue weighted by Gasteiger charge is -2.30. The fraction of sp³-hybridized carbons (Fsp3) is 1.00. The highest BCUT2D eigenvalue weighted by atomic mass is 35.5. The van der Waals surface area contributed by atoms with Gasteiger partial charge in [-0.2, -0.15) is 0 Å². The Morgan fingerprint density at radius 3 is 2.20 bits per heavy atom. The van der Waals surface area contributed by atoms with Crippen LogP contribution >= 0.6 is 24.8 Å². The molecular weight excluding hydrogens is 231 g/mol. The first-order valence-electron chi connectivity index (χ1n) is 5.66. The van der Waals surface area contributed by atoms with Crippen LogP contribution < -0.4 is 5.73 Å². The summed E-state index contributed by atoms with van der Waals surface area (Å²) in [6.45, 7) is 8.32. The number of likely N-dealkylation sites (tertiary alicyclic amines) is 1. The van der Waals surface area contributed by atoms with E-state index in [4.69, 9.17) is 5.73 Å². The van der Waals surface area contributed by atoms with E-state index in [0.717, 1.165) is 5.92 Å². The third kappa shape index (κ3) is 8.32. The topological polar surface area (TPSA) is 29.3 Å². The molecule has 0 atom stereocenters. The zero-order valence-corrected chi connectivity index (χ0v) is 11.6. The predicted octanol–water partition coefficient (Wildman–Crippen LogP) is 2.69. The van der Waals surface area contributed by atoms with Crippen LogP contribution in [0.15, 0.2) is 0 Å². The van der Waals surface area contributed by atoms with Crippen LogP contribution in [-0.4, -0.2) is 30.6 Å². The van der Waals surface area contributed by atoms with Crippen LogP contribution in [-0.2, 0) is 0 Å². The highest BCUT2D eigenvalue weighted by molar-refractivity contribution is 5.85. The van der Waals surface area contributed by atoms with E-state index in [2.05, 4.69) is 18.7 Å². The minimum absolute atomic E-state index is 0. The molecular formula is C11H26Cl2N2. The quantitative estimate of drug-likeness (QED) is 0.839. The van der Waals surface area contributed by atoms with E-state index < -0.39 is 0 Å². The van der Waals surface area contributed by atoms with Gasteiger partial charge in [-0.1, -0.05) is 13.8 Å². The molecule has 0 unspecified atom stereocenters. The van der Waals surface area contributed by atoms with Gasteiger partial charge in [-0.3, -0.25) is 0 Å². The zero-order chi connectivity index (χ0) is 9.68. The summed E-state index contributed by atoms with van der Waals surface area (Å²) in [5.74, 6) is 0.854. The van der Waals surface area contributed by atoms with Crippen molar-refractivity contribution in [1.82, 2.24) is 4.90 Å². The van der Waals surface area contributed by atoms with Crippen molar-refractivity contribution in [2.75, 3.05) is 19.6 Å². The minimum Gasteiger partial charge on any atom is -0.328 e. The minimum atomic E-state index is 0. The summed E-state index contributed by atoms with van der Waals surface area (Å²) in [7, 11) is 0. The lowest BCUT2D eigenvalue weighted by molar-refractivity contribution is 0.207. The molecule has 94 valence electrons. The predicted molar refractivity (Wildman–Crippen MR) is 72.2 cm³/mol. The molecule has 0 saturated carbocycles. The van der Waals surface area contributed by atoms with Crippen molar-refractivity contribution < 1.29 is 0 Å². The standard InChI is InChI=1S/C11H24N2.2ClH/c1-10(2)4-3-7-13-8-5-11(12)6-9-13;;/h10-11H,3-9,12H2,1-2H3;2*1H. The molecule has 0 aromatic heterocycles.